The van der Waals surface area contributed by atoms with E-state index in [0.29, 0.717) is 0 Å². The van der Waals surface area contributed by atoms with Crippen LogP contribution in [0.3, 0.4) is 0 Å². The van der Waals surface area contributed by atoms with Crippen molar-refractivity contribution in [2.24, 2.45) is 5.92 Å². The lowest BCUT2D eigenvalue weighted by Gasteiger charge is -2.20. The number of carbonyl (C=O) groups excluding carboxylic acids is 2. The zero-order chi connectivity index (χ0) is 18.4. The highest BCUT2D eigenvalue weighted by molar-refractivity contribution is 5.90. The Kier molecular flexibility index (Phi) is 6.04. The Morgan fingerprint density at radius 2 is 1.88 bits per heavy atom. The van der Waals surface area contributed by atoms with E-state index in [9.17, 15) is 9.59 Å². The SMILES string of the molecule is CCOC(=O)c1nn(-c2ccccc2)cc1OCC(=O)C1CCCCC1. The number of para-hydroxylation sites is 1. The van der Waals surface area contributed by atoms with Crippen molar-refractivity contribution in [1.29, 1.82) is 0 Å². The molecule has 0 radical (unpaired) electrons. The highest BCUT2D eigenvalue weighted by Crippen LogP contribution is 2.26. The number of hydrogen-bond donors (Lipinski definition) is 0. The summed E-state index contributed by atoms with van der Waals surface area (Å²) in [5.74, 6) is -0.121. The van der Waals surface area contributed by atoms with Crippen molar-refractivity contribution in [3.8, 4) is 11.4 Å². The Morgan fingerprint density at radius 3 is 2.58 bits per heavy atom. The molecule has 0 unspecified atom stereocenters. The van der Waals surface area contributed by atoms with Gasteiger partial charge in [-0.05, 0) is 31.9 Å². The van der Waals surface area contributed by atoms with Gasteiger partial charge in [0.25, 0.3) is 0 Å². The normalized spacial score (nSPS) is 14.8. The van der Waals surface area contributed by atoms with E-state index < -0.39 is 5.97 Å². The fraction of sp³-hybridized carbons (Fsp3) is 0.450. The van der Waals surface area contributed by atoms with Crippen LogP contribution in [0.15, 0.2) is 36.5 Å². The van der Waals surface area contributed by atoms with Crippen LogP contribution < -0.4 is 4.74 Å². The van der Waals surface area contributed by atoms with Crippen molar-refractivity contribution in [2.75, 3.05) is 13.2 Å². The summed E-state index contributed by atoms with van der Waals surface area (Å²) in [6.07, 6.45) is 6.86. The molecular weight excluding hydrogens is 332 g/mol. The maximum atomic E-state index is 12.4. The van der Waals surface area contributed by atoms with Crippen molar-refractivity contribution in [2.45, 2.75) is 39.0 Å². The summed E-state index contributed by atoms with van der Waals surface area (Å²) < 4.78 is 12.3. The first-order valence-corrected chi connectivity index (χ1v) is 9.16. The van der Waals surface area contributed by atoms with Crippen LogP contribution in [-0.2, 0) is 9.53 Å². The van der Waals surface area contributed by atoms with Gasteiger partial charge in [0.1, 0.15) is 6.61 Å². The van der Waals surface area contributed by atoms with Gasteiger partial charge in [-0.25, -0.2) is 9.48 Å². The van der Waals surface area contributed by atoms with Crippen molar-refractivity contribution in [3.05, 3.63) is 42.2 Å². The minimum absolute atomic E-state index is 0.0441. The van der Waals surface area contributed by atoms with E-state index in [0.717, 1.165) is 31.4 Å². The first-order chi connectivity index (χ1) is 12.7. The molecule has 2 aromatic rings. The Balaban J connectivity index is 1.76. The molecule has 0 aliphatic heterocycles. The maximum absolute atomic E-state index is 12.4. The molecule has 0 spiro atoms. The third kappa shape index (κ3) is 4.31. The molecular formula is C20H24N2O4. The molecule has 0 amide bonds. The molecule has 1 saturated carbocycles. The van der Waals surface area contributed by atoms with Gasteiger partial charge in [0, 0.05) is 5.92 Å². The van der Waals surface area contributed by atoms with Crippen LogP contribution in [-0.4, -0.2) is 34.7 Å². The molecule has 3 rings (SSSR count). The second-order valence-corrected chi connectivity index (χ2v) is 6.43. The molecule has 6 heteroatoms. The molecule has 1 heterocycles. The Hall–Kier alpha value is -2.63. The van der Waals surface area contributed by atoms with Gasteiger partial charge in [-0.15, -0.1) is 0 Å². The molecule has 1 aliphatic carbocycles. The van der Waals surface area contributed by atoms with Crippen molar-refractivity contribution in [1.82, 2.24) is 9.78 Å². The van der Waals surface area contributed by atoms with Crippen molar-refractivity contribution < 1.29 is 19.1 Å². The van der Waals surface area contributed by atoms with Crippen LogP contribution in [0.25, 0.3) is 5.69 Å². The molecule has 1 aromatic heterocycles. The van der Waals surface area contributed by atoms with Crippen LogP contribution in [0.5, 0.6) is 5.75 Å². The summed E-state index contributed by atoms with van der Waals surface area (Å²) in [7, 11) is 0. The Morgan fingerprint density at radius 1 is 1.15 bits per heavy atom. The van der Waals surface area contributed by atoms with Gasteiger partial charge >= 0.3 is 5.97 Å². The number of benzene rings is 1. The first-order valence-electron chi connectivity index (χ1n) is 9.16. The number of carbonyl (C=O) groups is 2. The fourth-order valence-electron chi connectivity index (χ4n) is 3.21. The number of aromatic nitrogens is 2. The lowest BCUT2D eigenvalue weighted by molar-refractivity contribution is -0.125. The molecule has 1 aliphatic rings. The fourth-order valence-corrected chi connectivity index (χ4v) is 3.21. The zero-order valence-electron chi connectivity index (χ0n) is 15.0. The van der Waals surface area contributed by atoms with Gasteiger partial charge in [-0.1, -0.05) is 37.5 Å². The van der Waals surface area contributed by atoms with E-state index in [1.165, 1.54) is 6.42 Å². The van der Waals surface area contributed by atoms with Crippen molar-refractivity contribution >= 4 is 11.8 Å². The van der Waals surface area contributed by atoms with Gasteiger partial charge in [-0.3, -0.25) is 4.79 Å². The zero-order valence-corrected chi connectivity index (χ0v) is 15.0. The lowest BCUT2D eigenvalue weighted by atomic mass is 9.86. The maximum Gasteiger partial charge on any atom is 0.362 e. The topological polar surface area (TPSA) is 70.4 Å². The molecule has 0 atom stereocenters. The first kappa shape index (κ1) is 18.2. The van der Waals surface area contributed by atoms with E-state index >= 15 is 0 Å². The Bertz CT molecular complexity index is 748. The van der Waals surface area contributed by atoms with Gasteiger partial charge in [0.2, 0.25) is 5.69 Å². The monoisotopic (exact) mass is 356 g/mol. The summed E-state index contributed by atoms with van der Waals surface area (Å²) in [5.41, 5.74) is 0.888. The molecule has 1 aromatic carbocycles. The van der Waals surface area contributed by atoms with E-state index in [1.54, 1.807) is 17.8 Å². The highest BCUT2D eigenvalue weighted by atomic mass is 16.5. The molecule has 1 fully saturated rings. The average Bonchev–Trinajstić information content (AvgIpc) is 3.12. The average molecular weight is 356 g/mol. The number of Topliss-reactive ketones (excluding diaryl/α,β-unsaturated/α-hetero) is 1. The molecule has 26 heavy (non-hydrogen) atoms. The second-order valence-electron chi connectivity index (χ2n) is 6.43. The molecule has 138 valence electrons. The van der Waals surface area contributed by atoms with Crippen LogP contribution in [0.1, 0.15) is 49.5 Å². The number of nitrogens with zero attached hydrogens (tertiary/aromatic N) is 2. The number of esters is 1. The number of rotatable bonds is 7. The summed E-state index contributed by atoms with van der Waals surface area (Å²) in [6.45, 7) is 1.94. The summed E-state index contributed by atoms with van der Waals surface area (Å²) in [6, 6.07) is 9.42. The number of ketones is 1. The minimum Gasteiger partial charge on any atom is -0.482 e. The summed E-state index contributed by atoms with van der Waals surface area (Å²) in [5, 5.41) is 4.30. The summed E-state index contributed by atoms with van der Waals surface area (Å²) >= 11 is 0. The van der Waals surface area contributed by atoms with Crippen LogP contribution >= 0.6 is 0 Å². The summed E-state index contributed by atoms with van der Waals surface area (Å²) in [4.78, 5) is 24.6. The highest BCUT2D eigenvalue weighted by Gasteiger charge is 2.24. The lowest BCUT2D eigenvalue weighted by Crippen LogP contribution is -2.24. The predicted molar refractivity (Wildman–Crippen MR) is 96.6 cm³/mol. The van der Waals surface area contributed by atoms with Crippen LogP contribution in [0, 0.1) is 5.92 Å². The van der Waals surface area contributed by atoms with E-state index in [2.05, 4.69) is 5.10 Å². The molecule has 6 nitrogen and oxygen atoms in total. The largest absolute Gasteiger partial charge is 0.482 e. The molecule has 0 bridgehead atoms. The smallest absolute Gasteiger partial charge is 0.362 e. The quantitative estimate of drug-likeness (QED) is 0.709. The van der Waals surface area contributed by atoms with Crippen LogP contribution in [0.4, 0.5) is 0 Å². The second kappa shape index (κ2) is 8.65. The molecule has 0 saturated heterocycles. The molecule has 0 N–H and O–H groups in total. The van der Waals surface area contributed by atoms with Gasteiger partial charge < -0.3 is 9.47 Å². The van der Waals surface area contributed by atoms with E-state index in [-0.39, 0.29) is 36.4 Å². The van der Waals surface area contributed by atoms with Gasteiger partial charge in [0.15, 0.2) is 11.5 Å². The van der Waals surface area contributed by atoms with E-state index in [4.69, 9.17) is 9.47 Å². The third-order valence-corrected chi connectivity index (χ3v) is 4.60. The number of hydrogen-bond acceptors (Lipinski definition) is 5. The number of ether oxygens (including phenoxy) is 2. The van der Waals surface area contributed by atoms with Crippen molar-refractivity contribution in [3.63, 3.8) is 0 Å². The van der Waals surface area contributed by atoms with Crippen LogP contribution in [0.2, 0.25) is 0 Å². The van der Waals surface area contributed by atoms with Gasteiger partial charge in [-0.2, -0.15) is 5.10 Å². The predicted octanol–water partition coefficient (Wildman–Crippen LogP) is 3.58. The third-order valence-electron chi connectivity index (χ3n) is 4.60. The van der Waals surface area contributed by atoms with Gasteiger partial charge in [0.05, 0.1) is 18.5 Å². The Labute approximate surface area is 153 Å². The standard InChI is InChI=1S/C20H24N2O4/c1-2-25-20(24)19-18(13-22(21-19)16-11-7-4-8-12-16)26-14-17(23)15-9-5-3-6-10-15/h4,7-8,11-13,15H,2-3,5-6,9-10,14H2,1H3. The minimum atomic E-state index is -0.553. The van der Waals surface area contributed by atoms with E-state index in [1.807, 2.05) is 30.3 Å².